The van der Waals surface area contributed by atoms with E-state index in [1.165, 1.54) is 11.8 Å². The van der Waals surface area contributed by atoms with Crippen LogP contribution in [0, 0.1) is 6.92 Å². The van der Waals surface area contributed by atoms with Crippen LogP contribution in [-0.2, 0) is 11.3 Å². The van der Waals surface area contributed by atoms with Crippen LogP contribution in [0.25, 0.3) is 0 Å². The largest absolute Gasteiger partial charge is 0.496 e. The van der Waals surface area contributed by atoms with E-state index in [1.54, 1.807) is 25.1 Å². The first kappa shape index (κ1) is 21.1. The highest BCUT2D eigenvalue weighted by Crippen LogP contribution is 2.26. The van der Waals surface area contributed by atoms with E-state index >= 15 is 0 Å². The van der Waals surface area contributed by atoms with Crippen molar-refractivity contribution in [3.63, 3.8) is 0 Å². The van der Waals surface area contributed by atoms with Gasteiger partial charge in [-0.3, -0.25) is 4.79 Å². The third-order valence-electron chi connectivity index (χ3n) is 4.25. The standard InChI is InChI=1S/C21H18BrClN2O4/c1-13-19(20(23)25(24-13)11-14-6-4-3-5-7-14)21(27)29-12-17(26)15-8-9-18(28-2)16(22)10-15/h3-10H,11-12H2,1-2H3. The number of aromatic nitrogens is 2. The molecule has 0 aliphatic heterocycles. The molecule has 2 aromatic carbocycles. The van der Waals surface area contributed by atoms with Crippen molar-refractivity contribution in [3.8, 4) is 5.75 Å². The van der Waals surface area contributed by atoms with Gasteiger partial charge in [0.25, 0.3) is 0 Å². The molecular formula is C21H18BrClN2O4. The number of nitrogens with zero attached hydrogens (tertiary/aromatic N) is 2. The van der Waals surface area contributed by atoms with Crippen LogP contribution < -0.4 is 4.74 Å². The fraction of sp³-hybridized carbons (Fsp3) is 0.190. The second kappa shape index (κ2) is 9.24. The fourth-order valence-corrected chi connectivity index (χ4v) is 3.62. The first-order valence-electron chi connectivity index (χ1n) is 8.71. The van der Waals surface area contributed by atoms with Crippen LogP contribution in [0.3, 0.4) is 0 Å². The van der Waals surface area contributed by atoms with Crippen LogP contribution >= 0.6 is 27.5 Å². The van der Waals surface area contributed by atoms with Crippen LogP contribution in [0.2, 0.25) is 5.15 Å². The number of methoxy groups -OCH3 is 1. The van der Waals surface area contributed by atoms with Crippen LogP contribution in [0.1, 0.15) is 32.0 Å². The molecule has 3 aromatic rings. The lowest BCUT2D eigenvalue weighted by molar-refractivity contribution is 0.0474. The molecule has 0 atom stereocenters. The molecule has 29 heavy (non-hydrogen) atoms. The highest BCUT2D eigenvalue weighted by atomic mass is 79.9. The summed E-state index contributed by atoms with van der Waals surface area (Å²) in [6.45, 7) is 1.69. The van der Waals surface area contributed by atoms with Crippen LogP contribution in [0.4, 0.5) is 0 Å². The molecule has 3 rings (SSSR count). The van der Waals surface area contributed by atoms with Gasteiger partial charge in [-0.2, -0.15) is 5.10 Å². The molecule has 8 heteroatoms. The zero-order chi connectivity index (χ0) is 21.0. The van der Waals surface area contributed by atoms with E-state index in [0.29, 0.717) is 28.0 Å². The lowest BCUT2D eigenvalue weighted by Crippen LogP contribution is -2.15. The van der Waals surface area contributed by atoms with Gasteiger partial charge in [0.05, 0.1) is 23.8 Å². The Labute approximate surface area is 181 Å². The smallest absolute Gasteiger partial charge is 0.343 e. The number of hydrogen-bond acceptors (Lipinski definition) is 5. The van der Waals surface area contributed by atoms with Gasteiger partial charge in [-0.25, -0.2) is 9.48 Å². The van der Waals surface area contributed by atoms with Crippen molar-refractivity contribution in [2.75, 3.05) is 13.7 Å². The number of esters is 1. The summed E-state index contributed by atoms with van der Waals surface area (Å²) in [5, 5.41) is 4.50. The van der Waals surface area contributed by atoms with Crippen molar-refractivity contribution >= 4 is 39.3 Å². The SMILES string of the molecule is COc1ccc(C(=O)COC(=O)c2c(C)nn(Cc3ccccc3)c2Cl)cc1Br. The number of hydrogen-bond donors (Lipinski definition) is 0. The number of ketones is 1. The van der Waals surface area contributed by atoms with E-state index in [2.05, 4.69) is 21.0 Å². The fourth-order valence-electron chi connectivity index (χ4n) is 2.77. The van der Waals surface area contributed by atoms with Crippen molar-refractivity contribution in [1.29, 1.82) is 0 Å². The molecule has 1 heterocycles. The predicted octanol–water partition coefficient (Wildman–Crippen LogP) is 4.70. The van der Waals surface area contributed by atoms with E-state index in [0.717, 1.165) is 5.56 Å². The minimum Gasteiger partial charge on any atom is -0.496 e. The number of carbonyl (C=O) groups is 2. The summed E-state index contributed by atoms with van der Waals surface area (Å²) in [6, 6.07) is 14.5. The normalized spacial score (nSPS) is 10.6. The summed E-state index contributed by atoms with van der Waals surface area (Å²) in [7, 11) is 1.54. The summed E-state index contributed by atoms with van der Waals surface area (Å²) in [6.07, 6.45) is 0. The average Bonchev–Trinajstić information content (AvgIpc) is 2.99. The van der Waals surface area contributed by atoms with Crippen molar-refractivity contribution in [2.45, 2.75) is 13.5 Å². The molecule has 0 aliphatic carbocycles. The molecular weight excluding hydrogens is 460 g/mol. The maximum absolute atomic E-state index is 12.5. The number of benzene rings is 2. The topological polar surface area (TPSA) is 70.4 Å². The van der Waals surface area contributed by atoms with Crippen molar-refractivity contribution in [1.82, 2.24) is 9.78 Å². The Morgan fingerprint density at radius 2 is 1.90 bits per heavy atom. The summed E-state index contributed by atoms with van der Waals surface area (Å²) >= 11 is 9.68. The Bertz CT molecular complexity index is 1050. The van der Waals surface area contributed by atoms with Gasteiger partial charge in [-0.1, -0.05) is 41.9 Å². The molecule has 0 unspecified atom stereocenters. The molecule has 0 spiro atoms. The summed E-state index contributed by atoms with van der Waals surface area (Å²) < 4.78 is 12.5. The van der Waals surface area contributed by atoms with E-state index in [4.69, 9.17) is 21.1 Å². The lowest BCUT2D eigenvalue weighted by atomic mass is 10.1. The maximum Gasteiger partial charge on any atom is 0.343 e. The number of rotatable bonds is 7. The van der Waals surface area contributed by atoms with E-state index in [-0.39, 0.29) is 16.5 Å². The molecule has 0 bridgehead atoms. The monoisotopic (exact) mass is 476 g/mol. The predicted molar refractivity (Wildman–Crippen MR) is 113 cm³/mol. The molecule has 0 fully saturated rings. The Morgan fingerprint density at radius 1 is 1.17 bits per heavy atom. The molecule has 0 N–H and O–H groups in total. The van der Waals surface area contributed by atoms with Gasteiger partial charge < -0.3 is 9.47 Å². The Hall–Kier alpha value is -2.64. The average molecular weight is 478 g/mol. The Kier molecular flexibility index (Phi) is 6.71. The van der Waals surface area contributed by atoms with Gasteiger partial charge in [0.2, 0.25) is 0 Å². The van der Waals surface area contributed by atoms with Gasteiger partial charge in [0, 0.05) is 5.56 Å². The Morgan fingerprint density at radius 3 is 2.55 bits per heavy atom. The van der Waals surface area contributed by atoms with Crippen LogP contribution in [0.5, 0.6) is 5.75 Å². The van der Waals surface area contributed by atoms with Crippen molar-refractivity contribution < 1.29 is 19.1 Å². The molecule has 6 nitrogen and oxygen atoms in total. The Balaban J connectivity index is 1.69. The summed E-state index contributed by atoms with van der Waals surface area (Å²) in [5.41, 5.74) is 1.99. The third-order valence-corrected chi connectivity index (χ3v) is 5.26. The number of Topliss-reactive ketones (excluding diaryl/α,β-unsaturated/α-hetero) is 1. The van der Waals surface area contributed by atoms with E-state index in [1.807, 2.05) is 30.3 Å². The molecule has 0 amide bonds. The van der Waals surface area contributed by atoms with Gasteiger partial charge in [0.1, 0.15) is 16.5 Å². The molecule has 0 radical (unpaired) electrons. The summed E-state index contributed by atoms with van der Waals surface area (Å²) in [5.74, 6) is -0.424. The molecule has 0 aliphatic rings. The quantitative estimate of drug-likeness (QED) is 0.364. The van der Waals surface area contributed by atoms with Gasteiger partial charge in [0.15, 0.2) is 12.4 Å². The van der Waals surface area contributed by atoms with E-state index < -0.39 is 12.6 Å². The second-order valence-electron chi connectivity index (χ2n) is 6.24. The first-order valence-corrected chi connectivity index (χ1v) is 9.88. The summed E-state index contributed by atoms with van der Waals surface area (Å²) in [4.78, 5) is 24.9. The third kappa shape index (κ3) is 4.86. The number of carbonyl (C=O) groups excluding carboxylic acids is 2. The number of halogens is 2. The second-order valence-corrected chi connectivity index (χ2v) is 7.46. The molecule has 0 saturated heterocycles. The molecule has 1 aromatic heterocycles. The highest BCUT2D eigenvalue weighted by molar-refractivity contribution is 9.10. The minimum absolute atomic E-state index is 0.159. The van der Waals surface area contributed by atoms with Gasteiger partial charge >= 0.3 is 5.97 Å². The van der Waals surface area contributed by atoms with Crippen LogP contribution in [-0.4, -0.2) is 35.2 Å². The van der Waals surface area contributed by atoms with Crippen LogP contribution in [0.15, 0.2) is 53.0 Å². The number of ether oxygens (including phenoxy) is 2. The number of aryl methyl sites for hydroxylation is 1. The minimum atomic E-state index is -0.687. The molecule has 150 valence electrons. The van der Waals surface area contributed by atoms with Gasteiger partial charge in [-0.15, -0.1) is 0 Å². The highest BCUT2D eigenvalue weighted by Gasteiger charge is 2.23. The van der Waals surface area contributed by atoms with Crippen molar-refractivity contribution in [3.05, 3.63) is 80.5 Å². The zero-order valence-corrected chi connectivity index (χ0v) is 18.2. The van der Waals surface area contributed by atoms with Gasteiger partial charge in [-0.05, 0) is 46.6 Å². The van der Waals surface area contributed by atoms with Crippen molar-refractivity contribution in [2.24, 2.45) is 0 Å². The zero-order valence-electron chi connectivity index (χ0n) is 15.8. The van der Waals surface area contributed by atoms with E-state index in [9.17, 15) is 9.59 Å². The lowest BCUT2D eigenvalue weighted by Gasteiger charge is -2.07. The maximum atomic E-state index is 12.5. The molecule has 0 saturated carbocycles. The first-order chi connectivity index (χ1) is 13.9.